The summed E-state index contributed by atoms with van der Waals surface area (Å²) in [5.74, 6) is 1.64. The summed E-state index contributed by atoms with van der Waals surface area (Å²) in [7, 11) is 0. The molecule has 142 valence electrons. The Kier molecular flexibility index (Phi) is 4.13. The molecule has 2 bridgehead atoms. The first kappa shape index (κ1) is 17.0. The third-order valence-corrected chi connectivity index (χ3v) is 5.46. The number of nitrogens with zero attached hydrogens (tertiary/aromatic N) is 3. The fourth-order valence-electron chi connectivity index (χ4n) is 3.96. The number of benzene rings is 2. The third-order valence-electron chi connectivity index (χ3n) is 5.46. The van der Waals surface area contributed by atoms with Gasteiger partial charge in [0.1, 0.15) is 5.82 Å². The van der Waals surface area contributed by atoms with Crippen LogP contribution in [0, 0.1) is 0 Å². The molecule has 3 aromatic rings. The molecule has 1 aromatic heterocycles. The van der Waals surface area contributed by atoms with Gasteiger partial charge in [0.05, 0.1) is 17.9 Å². The zero-order valence-electron chi connectivity index (χ0n) is 15.6. The molecule has 0 amide bonds. The van der Waals surface area contributed by atoms with Crippen molar-refractivity contribution in [3.63, 3.8) is 0 Å². The van der Waals surface area contributed by atoms with Crippen LogP contribution in [0.5, 0.6) is 0 Å². The number of nitrogens with two attached hydrogens (primary N) is 2. The number of hydrogen-bond acceptors (Lipinski definition) is 6. The van der Waals surface area contributed by atoms with Crippen molar-refractivity contribution in [2.75, 3.05) is 29.5 Å². The molecule has 6 heteroatoms. The molecule has 2 aliphatic heterocycles. The molecule has 5 rings (SSSR count). The Morgan fingerprint density at radius 3 is 1.96 bits per heavy atom. The molecule has 6 nitrogen and oxygen atoms in total. The van der Waals surface area contributed by atoms with Gasteiger partial charge in [0, 0.05) is 41.7 Å². The summed E-state index contributed by atoms with van der Waals surface area (Å²) in [6.07, 6.45) is 2.85. The maximum Gasteiger partial charge on any atom is 0.162 e. The van der Waals surface area contributed by atoms with Gasteiger partial charge in [-0.15, -0.1) is 0 Å². The SMILES string of the molecule is Nc1ccc(-c2cc(N3CC4CCC(C3)O4)nc(-c3ccc(N)cc3)n2)cc1. The van der Waals surface area contributed by atoms with Gasteiger partial charge in [-0.05, 0) is 49.2 Å². The van der Waals surface area contributed by atoms with Crippen LogP contribution < -0.4 is 16.4 Å². The number of fused-ring (bicyclic) bond motifs is 2. The van der Waals surface area contributed by atoms with Crippen LogP contribution >= 0.6 is 0 Å². The summed E-state index contributed by atoms with van der Waals surface area (Å²) < 4.78 is 5.99. The number of hydrogen-bond donors (Lipinski definition) is 2. The quantitative estimate of drug-likeness (QED) is 0.684. The van der Waals surface area contributed by atoms with Crippen molar-refractivity contribution in [1.29, 1.82) is 0 Å². The van der Waals surface area contributed by atoms with Crippen LogP contribution in [-0.2, 0) is 4.74 Å². The average Bonchev–Trinajstić information content (AvgIpc) is 3.06. The molecule has 0 spiro atoms. The summed E-state index contributed by atoms with van der Waals surface area (Å²) in [5, 5.41) is 0. The first-order chi connectivity index (χ1) is 13.6. The van der Waals surface area contributed by atoms with E-state index >= 15 is 0 Å². The lowest BCUT2D eigenvalue weighted by Crippen LogP contribution is -2.43. The van der Waals surface area contributed by atoms with Gasteiger partial charge in [-0.25, -0.2) is 9.97 Å². The number of anilines is 3. The van der Waals surface area contributed by atoms with Crippen molar-refractivity contribution in [3.8, 4) is 22.6 Å². The Morgan fingerprint density at radius 2 is 1.36 bits per heavy atom. The average molecular weight is 373 g/mol. The summed E-state index contributed by atoms with van der Waals surface area (Å²) in [6.45, 7) is 1.74. The lowest BCUT2D eigenvalue weighted by Gasteiger charge is -2.33. The molecule has 0 aliphatic carbocycles. The fourth-order valence-corrected chi connectivity index (χ4v) is 3.96. The van der Waals surface area contributed by atoms with Gasteiger partial charge >= 0.3 is 0 Å². The van der Waals surface area contributed by atoms with Gasteiger partial charge in [0.2, 0.25) is 0 Å². The minimum absolute atomic E-state index is 0.300. The van der Waals surface area contributed by atoms with Crippen molar-refractivity contribution < 1.29 is 4.74 Å². The number of aromatic nitrogens is 2. The molecule has 0 radical (unpaired) electrons. The lowest BCUT2D eigenvalue weighted by atomic mass is 10.1. The zero-order valence-corrected chi connectivity index (χ0v) is 15.6. The number of morpholine rings is 1. The van der Waals surface area contributed by atoms with Gasteiger partial charge in [-0.1, -0.05) is 12.1 Å². The van der Waals surface area contributed by atoms with Crippen molar-refractivity contribution >= 4 is 17.2 Å². The maximum absolute atomic E-state index is 5.99. The van der Waals surface area contributed by atoms with Crippen molar-refractivity contribution in [2.45, 2.75) is 25.0 Å². The Bertz CT molecular complexity index is 911. The smallest absolute Gasteiger partial charge is 0.162 e. The number of ether oxygens (including phenoxy) is 1. The second-order valence-electron chi connectivity index (χ2n) is 7.54. The molecular formula is C22H23N5O. The van der Waals surface area contributed by atoms with E-state index in [1.54, 1.807) is 0 Å². The van der Waals surface area contributed by atoms with Crippen molar-refractivity contribution in [2.24, 2.45) is 0 Å². The molecule has 2 unspecified atom stereocenters. The topological polar surface area (TPSA) is 90.3 Å². The first-order valence-corrected chi connectivity index (χ1v) is 9.65. The molecule has 2 saturated heterocycles. The van der Waals surface area contributed by atoms with E-state index in [4.69, 9.17) is 26.2 Å². The number of rotatable bonds is 3. The van der Waals surface area contributed by atoms with Crippen LogP contribution in [-0.4, -0.2) is 35.3 Å². The molecule has 28 heavy (non-hydrogen) atoms. The van der Waals surface area contributed by atoms with E-state index in [0.717, 1.165) is 59.9 Å². The fraction of sp³-hybridized carbons (Fsp3) is 0.273. The molecule has 2 aromatic carbocycles. The molecule has 2 atom stereocenters. The molecule has 4 N–H and O–H groups in total. The van der Waals surface area contributed by atoms with E-state index in [9.17, 15) is 0 Å². The maximum atomic E-state index is 5.99. The second-order valence-corrected chi connectivity index (χ2v) is 7.54. The summed E-state index contributed by atoms with van der Waals surface area (Å²) in [6, 6.07) is 17.5. The highest BCUT2D eigenvalue weighted by molar-refractivity contribution is 5.69. The van der Waals surface area contributed by atoms with Crippen molar-refractivity contribution in [1.82, 2.24) is 9.97 Å². The summed E-state index contributed by atoms with van der Waals surface area (Å²) >= 11 is 0. The van der Waals surface area contributed by atoms with Crippen LogP contribution in [0.15, 0.2) is 54.6 Å². The normalized spacial score (nSPS) is 21.1. The number of nitrogen functional groups attached to an aromatic ring is 2. The van der Waals surface area contributed by atoms with Crippen LogP contribution in [0.1, 0.15) is 12.8 Å². The van der Waals surface area contributed by atoms with Crippen molar-refractivity contribution in [3.05, 3.63) is 54.6 Å². The standard InChI is InChI=1S/C22H23N5O/c23-16-5-1-14(2-6-16)20-11-21(27-12-18-9-10-19(13-27)28-18)26-22(25-20)15-3-7-17(24)8-4-15/h1-8,11,18-19H,9-10,12-13,23-24H2. The monoisotopic (exact) mass is 373 g/mol. The molecule has 0 saturated carbocycles. The largest absolute Gasteiger partial charge is 0.399 e. The molecular weight excluding hydrogens is 350 g/mol. The Hall–Kier alpha value is -3.12. The van der Waals surface area contributed by atoms with Gasteiger partial charge in [-0.2, -0.15) is 0 Å². The lowest BCUT2D eigenvalue weighted by molar-refractivity contribution is 0.0302. The molecule has 2 fully saturated rings. The third kappa shape index (κ3) is 3.27. The van der Waals surface area contributed by atoms with Gasteiger partial charge < -0.3 is 21.1 Å². The van der Waals surface area contributed by atoms with E-state index in [0.29, 0.717) is 18.0 Å². The minimum atomic E-state index is 0.300. The van der Waals surface area contributed by atoms with E-state index in [1.807, 2.05) is 48.5 Å². The van der Waals surface area contributed by atoms with E-state index in [-0.39, 0.29) is 0 Å². The highest BCUT2D eigenvalue weighted by atomic mass is 16.5. The van der Waals surface area contributed by atoms with Gasteiger partial charge in [-0.3, -0.25) is 0 Å². The Balaban J connectivity index is 1.59. The summed E-state index contributed by atoms with van der Waals surface area (Å²) in [5.41, 5.74) is 16.0. The Labute approximate surface area is 164 Å². The predicted octanol–water partition coefficient (Wildman–Crippen LogP) is 3.34. The van der Waals surface area contributed by atoms with Crippen LogP contribution in [0.3, 0.4) is 0 Å². The molecule has 3 heterocycles. The highest BCUT2D eigenvalue weighted by Crippen LogP contribution is 2.32. The summed E-state index contributed by atoms with van der Waals surface area (Å²) in [4.78, 5) is 12.1. The van der Waals surface area contributed by atoms with Gasteiger partial charge in [0.25, 0.3) is 0 Å². The van der Waals surface area contributed by atoms with Gasteiger partial charge in [0.15, 0.2) is 5.82 Å². The second kappa shape index (κ2) is 6.80. The predicted molar refractivity (Wildman–Crippen MR) is 112 cm³/mol. The van der Waals surface area contributed by atoms with E-state index < -0.39 is 0 Å². The first-order valence-electron chi connectivity index (χ1n) is 9.65. The van der Waals surface area contributed by atoms with E-state index in [1.165, 1.54) is 0 Å². The van der Waals surface area contributed by atoms with Crippen LogP contribution in [0.2, 0.25) is 0 Å². The molecule has 2 aliphatic rings. The van der Waals surface area contributed by atoms with E-state index in [2.05, 4.69) is 11.0 Å². The zero-order chi connectivity index (χ0) is 19.1. The Morgan fingerprint density at radius 1 is 0.786 bits per heavy atom. The highest BCUT2D eigenvalue weighted by Gasteiger charge is 2.34. The minimum Gasteiger partial charge on any atom is -0.399 e. The van der Waals surface area contributed by atoms with Crippen LogP contribution in [0.25, 0.3) is 22.6 Å². The van der Waals surface area contributed by atoms with Crippen LogP contribution in [0.4, 0.5) is 17.2 Å².